The van der Waals surface area contributed by atoms with Crippen LogP contribution in [0.25, 0.3) is 22.1 Å². The Hall–Kier alpha value is -3.91. The number of thiophene rings is 1. The molecule has 0 fully saturated rings. The third kappa shape index (κ3) is 4.13. The number of benzene rings is 2. The van der Waals surface area contributed by atoms with Crippen molar-refractivity contribution < 1.29 is 23.5 Å². The molecule has 1 N–H and O–H groups in total. The number of carbonyl (C=O) groups is 2. The summed E-state index contributed by atoms with van der Waals surface area (Å²) in [5, 5.41) is 5.34. The third-order valence-corrected chi connectivity index (χ3v) is 5.68. The number of fused-ring (bicyclic) bond motifs is 1. The first-order valence-electron chi connectivity index (χ1n) is 9.79. The van der Waals surface area contributed by atoms with E-state index in [0.29, 0.717) is 22.3 Å². The van der Waals surface area contributed by atoms with Crippen LogP contribution in [0.5, 0.6) is 5.75 Å². The van der Waals surface area contributed by atoms with Crippen LogP contribution in [0.2, 0.25) is 0 Å². The van der Waals surface area contributed by atoms with Gasteiger partial charge >= 0.3 is 11.6 Å². The first-order valence-corrected chi connectivity index (χ1v) is 10.7. The Morgan fingerprint density at radius 2 is 1.84 bits per heavy atom. The van der Waals surface area contributed by atoms with E-state index in [1.54, 1.807) is 55.8 Å². The predicted molar refractivity (Wildman–Crippen MR) is 123 cm³/mol. The van der Waals surface area contributed by atoms with Gasteiger partial charge in [0, 0.05) is 16.3 Å². The number of hydrogen-bond donors (Lipinski definition) is 1. The fraction of sp³-hybridized carbons (Fsp3) is 0.125. The minimum absolute atomic E-state index is 0.155. The van der Waals surface area contributed by atoms with Crippen LogP contribution in [0.1, 0.15) is 27.6 Å². The zero-order valence-corrected chi connectivity index (χ0v) is 18.2. The maximum Gasteiger partial charge on any atom is 0.349 e. The molecule has 32 heavy (non-hydrogen) atoms. The highest BCUT2D eigenvalue weighted by Crippen LogP contribution is 2.37. The second-order valence-corrected chi connectivity index (χ2v) is 7.62. The molecule has 0 saturated heterocycles. The van der Waals surface area contributed by atoms with E-state index in [2.05, 4.69) is 5.32 Å². The SMILES string of the molecule is CCOC(=O)c1c(-c2ccc(OC)cc2)csc1NC(=O)c1cc2ccccc2oc1=O. The second-order valence-electron chi connectivity index (χ2n) is 6.74. The number of para-hydroxylation sites is 1. The van der Waals surface area contributed by atoms with Crippen molar-refractivity contribution >= 4 is 39.2 Å². The summed E-state index contributed by atoms with van der Waals surface area (Å²) >= 11 is 1.17. The third-order valence-electron chi connectivity index (χ3n) is 4.78. The van der Waals surface area contributed by atoms with Gasteiger partial charge < -0.3 is 19.2 Å². The molecular weight excluding hydrogens is 430 g/mol. The summed E-state index contributed by atoms with van der Waals surface area (Å²) in [5.41, 5.74) is 1.07. The topological polar surface area (TPSA) is 94.8 Å². The van der Waals surface area contributed by atoms with Gasteiger partial charge in [0.2, 0.25) is 0 Å². The van der Waals surface area contributed by atoms with Crippen LogP contribution in [-0.2, 0) is 4.74 Å². The van der Waals surface area contributed by atoms with Gasteiger partial charge in [-0.15, -0.1) is 11.3 Å². The standard InChI is InChI=1S/C24H19NO6S/c1-3-30-24(28)20-18(14-8-10-16(29-2)11-9-14)13-32-22(20)25-21(26)17-12-15-6-4-5-7-19(15)31-23(17)27/h4-13H,3H2,1-2H3,(H,25,26). The van der Waals surface area contributed by atoms with E-state index in [9.17, 15) is 14.4 Å². The average Bonchev–Trinajstić information content (AvgIpc) is 3.22. The van der Waals surface area contributed by atoms with Crippen LogP contribution in [-0.4, -0.2) is 25.6 Å². The van der Waals surface area contributed by atoms with Crippen molar-refractivity contribution in [2.75, 3.05) is 19.0 Å². The van der Waals surface area contributed by atoms with Crippen LogP contribution in [0.3, 0.4) is 0 Å². The van der Waals surface area contributed by atoms with Crippen molar-refractivity contribution in [3.8, 4) is 16.9 Å². The average molecular weight is 449 g/mol. The largest absolute Gasteiger partial charge is 0.497 e. The monoisotopic (exact) mass is 449 g/mol. The van der Waals surface area contributed by atoms with Gasteiger partial charge in [0.15, 0.2) is 0 Å². The van der Waals surface area contributed by atoms with E-state index in [1.807, 2.05) is 12.1 Å². The lowest BCUT2D eigenvalue weighted by Crippen LogP contribution is -2.21. The van der Waals surface area contributed by atoms with E-state index in [4.69, 9.17) is 13.9 Å². The summed E-state index contributed by atoms with van der Waals surface area (Å²) in [7, 11) is 1.57. The number of carbonyl (C=O) groups excluding carboxylic acids is 2. The summed E-state index contributed by atoms with van der Waals surface area (Å²) in [6.07, 6.45) is 0. The van der Waals surface area contributed by atoms with Crippen molar-refractivity contribution in [1.29, 1.82) is 0 Å². The Labute approximate surface area is 187 Å². The minimum Gasteiger partial charge on any atom is -0.497 e. The zero-order valence-electron chi connectivity index (χ0n) is 17.3. The molecule has 2 heterocycles. The number of nitrogens with one attached hydrogen (secondary N) is 1. The molecule has 2 aromatic heterocycles. The highest BCUT2D eigenvalue weighted by Gasteiger charge is 2.24. The normalized spacial score (nSPS) is 10.7. The van der Waals surface area contributed by atoms with Gasteiger partial charge in [-0.3, -0.25) is 4.79 Å². The number of anilines is 1. The van der Waals surface area contributed by atoms with Gasteiger partial charge in [-0.1, -0.05) is 30.3 Å². The summed E-state index contributed by atoms with van der Waals surface area (Å²) in [4.78, 5) is 38.0. The van der Waals surface area contributed by atoms with E-state index < -0.39 is 17.5 Å². The molecule has 0 aliphatic carbocycles. The molecule has 0 radical (unpaired) electrons. The Balaban J connectivity index is 1.72. The van der Waals surface area contributed by atoms with Crippen molar-refractivity contribution in [3.63, 3.8) is 0 Å². The van der Waals surface area contributed by atoms with Crippen LogP contribution in [0, 0.1) is 0 Å². The minimum atomic E-state index is -0.759. The fourth-order valence-corrected chi connectivity index (χ4v) is 4.18. The summed E-state index contributed by atoms with van der Waals surface area (Å²) < 4.78 is 15.6. The lowest BCUT2D eigenvalue weighted by atomic mass is 10.0. The van der Waals surface area contributed by atoms with Crippen LogP contribution >= 0.6 is 11.3 Å². The molecule has 1 amide bonds. The van der Waals surface area contributed by atoms with Crippen molar-refractivity contribution in [2.45, 2.75) is 6.92 Å². The number of methoxy groups -OCH3 is 1. The van der Waals surface area contributed by atoms with Gasteiger partial charge in [0.05, 0.1) is 13.7 Å². The molecule has 0 atom stereocenters. The summed E-state index contributed by atoms with van der Waals surface area (Å²) in [6, 6.07) is 15.6. The Kier molecular flexibility index (Phi) is 6.04. The molecule has 2 aromatic carbocycles. The lowest BCUT2D eigenvalue weighted by Gasteiger charge is -2.09. The molecule has 0 saturated carbocycles. The quantitative estimate of drug-likeness (QED) is 0.330. The number of rotatable bonds is 6. The number of ether oxygens (including phenoxy) is 2. The molecule has 8 heteroatoms. The number of hydrogen-bond acceptors (Lipinski definition) is 7. The maximum absolute atomic E-state index is 12.9. The van der Waals surface area contributed by atoms with Crippen LogP contribution in [0.4, 0.5) is 5.00 Å². The van der Waals surface area contributed by atoms with Gasteiger partial charge in [0.1, 0.15) is 27.5 Å². The van der Waals surface area contributed by atoms with Gasteiger partial charge in [-0.05, 0) is 36.8 Å². The van der Waals surface area contributed by atoms with E-state index >= 15 is 0 Å². The molecule has 4 aromatic rings. The van der Waals surface area contributed by atoms with Gasteiger partial charge in [0.25, 0.3) is 5.91 Å². The summed E-state index contributed by atoms with van der Waals surface area (Å²) in [5.74, 6) is -0.559. The Morgan fingerprint density at radius 3 is 2.56 bits per heavy atom. The van der Waals surface area contributed by atoms with Crippen molar-refractivity contribution in [3.05, 3.63) is 81.5 Å². The van der Waals surface area contributed by atoms with E-state index in [-0.39, 0.29) is 22.7 Å². The van der Waals surface area contributed by atoms with Crippen molar-refractivity contribution in [2.24, 2.45) is 0 Å². The summed E-state index contributed by atoms with van der Waals surface area (Å²) in [6.45, 7) is 1.88. The highest BCUT2D eigenvalue weighted by atomic mass is 32.1. The Morgan fingerprint density at radius 1 is 1.09 bits per heavy atom. The highest BCUT2D eigenvalue weighted by molar-refractivity contribution is 7.15. The lowest BCUT2D eigenvalue weighted by molar-refractivity contribution is 0.0529. The molecule has 162 valence electrons. The molecule has 0 aliphatic rings. The van der Waals surface area contributed by atoms with Crippen LogP contribution in [0.15, 0.2) is 69.2 Å². The maximum atomic E-state index is 12.9. The predicted octanol–water partition coefficient (Wildman–Crippen LogP) is 4.96. The first kappa shape index (κ1) is 21.3. The fourth-order valence-electron chi connectivity index (χ4n) is 3.23. The molecule has 0 bridgehead atoms. The van der Waals surface area contributed by atoms with E-state index in [1.165, 1.54) is 17.4 Å². The molecule has 0 spiro atoms. The first-order chi connectivity index (χ1) is 15.5. The molecule has 0 aliphatic heterocycles. The van der Waals surface area contributed by atoms with E-state index in [0.717, 1.165) is 5.56 Å². The molecule has 0 unspecified atom stereocenters. The molecule has 7 nitrogen and oxygen atoms in total. The van der Waals surface area contributed by atoms with Gasteiger partial charge in [-0.2, -0.15) is 0 Å². The smallest absolute Gasteiger partial charge is 0.349 e. The molecular formula is C24H19NO6S. The second kappa shape index (κ2) is 9.07. The number of esters is 1. The zero-order chi connectivity index (χ0) is 22.7. The Bertz CT molecular complexity index is 1350. The number of amides is 1. The van der Waals surface area contributed by atoms with Crippen molar-refractivity contribution in [1.82, 2.24) is 0 Å². The van der Waals surface area contributed by atoms with Crippen LogP contribution < -0.4 is 15.7 Å². The van der Waals surface area contributed by atoms with Gasteiger partial charge in [-0.25, -0.2) is 9.59 Å². The molecule has 4 rings (SSSR count).